The number of hydrogen-bond donors (Lipinski definition) is 0. The lowest BCUT2D eigenvalue weighted by Crippen LogP contribution is -2.20. The number of aryl methyl sites for hydroxylation is 1. The molecule has 168 valence electrons. The quantitative estimate of drug-likeness (QED) is 0.212. The lowest BCUT2D eigenvalue weighted by atomic mass is 10.0. The van der Waals surface area contributed by atoms with Crippen LogP contribution in [0.1, 0.15) is 32.6 Å². The lowest BCUT2D eigenvalue weighted by molar-refractivity contribution is -0.137. The summed E-state index contributed by atoms with van der Waals surface area (Å²) >= 11 is 1.41. The number of carbonyl (C=O) groups is 1. The van der Waals surface area contributed by atoms with Gasteiger partial charge in [-0.25, -0.2) is 4.98 Å². The second-order valence-corrected chi connectivity index (χ2v) is 8.56. The van der Waals surface area contributed by atoms with Gasteiger partial charge in [-0.1, -0.05) is 60.3 Å². The Hall–Kier alpha value is -3.39. The summed E-state index contributed by atoms with van der Waals surface area (Å²) in [4.78, 5) is 29.9. The summed E-state index contributed by atoms with van der Waals surface area (Å²) in [5.41, 5.74) is 2.13. The van der Waals surface area contributed by atoms with Crippen LogP contribution < -0.4 is 5.56 Å². The zero-order valence-corrected chi connectivity index (χ0v) is 18.6. The van der Waals surface area contributed by atoms with Crippen LogP contribution >= 0.6 is 11.8 Å². The van der Waals surface area contributed by atoms with Crippen LogP contribution in [0.25, 0.3) is 10.9 Å². The third-order valence-electron chi connectivity index (χ3n) is 5.33. The molecular weight excluding hydrogens is 449 g/mol. The van der Waals surface area contributed by atoms with E-state index in [9.17, 15) is 22.8 Å². The fourth-order valence-corrected chi connectivity index (χ4v) is 4.39. The van der Waals surface area contributed by atoms with E-state index in [1.165, 1.54) is 28.5 Å². The third kappa shape index (κ3) is 4.71. The zero-order valence-electron chi connectivity index (χ0n) is 17.8. The molecule has 4 nitrogen and oxygen atoms in total. The van der Waals surface area contributed by atoms with Crippen molar-refractivity contribution in [2.45, 2.75) is 24.0 Å². The highest BCUT2D eigenvalue weighted by molar-refractivity contribution is 7.98. The normalized spacial score (nSPS) is 11.7. The molecule has 0 aliphatic carbocycles. The molecule has 4 rings (SSSR count). The van der Waals surface area contributed by atoms with Crippen molar-refractivity contribution in [3.63, 3.8) is 0 Å². The van der Waals surface area contributed by atoms with E-state index < -0.39 is 11.7 Å². The molecular formula is C25H19F3N2O2S. The van der Waals surface area contributed by atoms with Crippen molar-refractivity contribution < 1.29 is 18.0 Å². The number of aromatic nitrogens is 2. The number of alkyl halides is 3. The summed E-state index contributed by atoms with van der Waals surface area (Å²) in [5, 5.41) is 1.19. The van der Waals surface area contributed by atoms with Crippen molar-refractivity contribution >= 4 is 28.4 Å². The Bertz CT molecular complexity index is 1390. The van der Waals surface area contributed by atoms with Crippen LogP contribution in [-0.2, 0) is 19.0 Å². The van der Waals surface area contributed by atoms with Gasteiger partial charge in [0.1, 0.15) is 0 Å². The number of hydrogen-bond acceptors (Lipinski definition) is 4. The first kappa shape index (κ1) is 22.8. The standard InChI is InChI=1S/C25H19F3N2O2S/c1-15-4-3-5-20-21(15)23(32)30(2)24(29-20)33-14-16-6-8-17(9-7-16)22(31)18-10-12-19(13-11-18)25(26,27)28/h3-13H,14H2,1-2H3. The van der Waals surface area contributed by atoms with Crippen LogP contribution in [-0.4, -0.2) is 15.3 Å². The maximum absolute atomic E-state index is 12.7. The molecule has 0 saturated carbocycles. The average Bonchev–Trinajstić information content (AvgIpc) is 2.80. The van der Waals surface area contributed by atoms with Crippen LogP contribution in [0.4, 0.5) is 13.2 Å². The van der Waals surface area contributed by atoms with Gasteiger partial charge in [0.25, 0.3) is 5.56 Å². The van der Waals surface area contributed by atoms with E-state index in [0.29, 0.717) is 27.4 Å². The molecule has 0 N–H and O–H groups in total. The fraction of sp³-hybridized carbons (Fsp3) is 0.160. The topological polar surface area (TPSA) is 52.0 Å². The molecule has 0 atom stereocenters. The first-order valence-electron chi connectivity index (χ1n) is 10.0. The highest BCUT2D eigenvalue weighted by Gasteiger charge is 2.30. The number of rotatable bonds is 5. The van der Waals surface area contributed by atoms with Gasteiger partial charge in [-0.3, -0.25) is 14.2 Å². The van der Waals surface area contributed by atoms with E-state index in [0.717, 1.165) is 23.3 Å². The molecule has 0 amide bonds. The number of halogens is 3. The van der Waals surface area contributed by atoms with Crippen molar-refractivity contribution in [2.24, 2.45) is 7.05 Å². The second kappa shape index (κ2) is 8.86. The average molecular weight is 469 g/mol. The van der Waals surface area contributed by atoms with Gasteiger partial charge < -0.3 is 0 Å². The number of nitrogens with zero attached hydrogens (tertiary/aromatic N) is 2. The summed E-state index contributed by atoms with van der Waals surface area (Å²) in [6.07, 6.45) is -4.44. The van der Waals surface area contributed by atoms with Crippen molar-refractivity contribution in [1.82, 2.24) is 9.55 Å². The largest absolute Gasteiger partial charge is 0.416 e. The molecule has 33 heavy (non-hydrogen) atoms. The summed E-state index contributed by atoms with van der Waals surface area (Å²) in [7, 11) is 1.69. The molecule has 0 bridgehead atoms. The smallest absolute Gasteiger partial charge is 0.290 e. The minimum absolute atomic E-state index is 0.0990. The molecule has 8 heteroatoms. The SMILES string of the molecule is Cc1cccc2nc(SCc3ccc(C(=O)c4ccc(C(F)(F)F)cc4)cc3)n(C)c(=O)c12. The third-order valence-corrected chi connectivity index (χ3v) is 6.43. The number of benzene rings is 3. The van der Waals surface area contributed by atoms with E-state index in [1.54, 1.807) is 31.3 Å². The van der Waals surface area contributed by atoms with Gasteiger partial charge in [-0.05, 0) is 36.2 Å². The maximum Gasteiger partial charge on any atom is 0.416 e. The predicted octanol–water partition coefficient (Wildman–Crippen LogP) is 5.78. The Labute approximate surface area is 192 Å². The maximum atomic E-state index is 12.7. The van der Waals surface area contributed by atoms with Crippen LogP contribution in [0.15, 0.2) is 76.7 Å². The molecule has 0 fully saturated rings. The summed E-state index contributed by atoms with van der Waals surface area (Å²) < 4.78 is 39.7. The second-order valence-electron chi connectivity index (χ2n) is 7.62. The van der Waals surface area contributed by atoms with Gasteiger partial charge in [0, 0.05) is 23.9 Å². The van der Waals surface area contributed by atoms with Crippen LogP contribution in [0.2, 0.25) is 0 Å². The monoisotopic (exact) mass is 468 g/mol. The van der Waals surface area contributed by atoms with Crippen molar-refractivity contribution in [2.75, 3.05) is 0 Å². The van der Waals surface area contributed by atoms with Crippen molar-refractivity contribution in [3.05, 3.63) is 105 Å². The molecule has 0 spiro atoms. The Morgan fingerprint density at radius 2 is 1.58 bits per heavy atom. The van der Waals surface area contributed by atoms with E-state index in [-0.39, 0.29) is 16.9 Å². The van der Waals surface area contributed by atoms with Crippen molar-refractivity contribution in [3.8, 4) is 0 Å². The molecule has 1 heterocycles. The number of thioether (sulfide) groups is 1. The van der Waals surface area contributed by atoms with Crippen LogP contribution in [0.5, 0.6) is 0 Å². The fourth-order valence-electron chi connectivity index (χ4n) is 3.46. The van der Waals surface area contributed by atoms with Gasteiger partial charge in [0.15, 0.2) is 10.9 Å². The Kier molecular flexibility index (Phi) is 6.12. The van der Waals surface area contributed by atoms with E-state index in [1.807, 2.05) is 25.1 Å². The molecule has 3 aromatic carbocycles. The zero-order chi connectivity index (χ0) is 23.8. The minimum Gasteiger partial charge on any atom is -0.290 e. The van der Waals surface area contributed by atoms with Crippen LogP contribution in [0.3, 0.4) is 0 Å². The van der Waals surface area contributed by atoms with Crippen molar-refractivity contribution in [1.29, 1.82) is 0 Å². The van der Waals surface area contributed by atoms with Gasteiger partial charge in [0.2, 0.25) is 0 Å². The Morgan fingerprint density at radius 1 is 0.970 bits per heavy atom. The molecule has 1 aromatic heterocycles. The molecule has 0 aliphatic heterocycles. The van der Waals surface area contributed by atoms with E-state index >= 15 is 0 Å². The number of fused-ring (bicyclic) bond motifs is 1. The number of ketones is 1. The highest BCUT2D eigenvalue weighted by atomic mass is 32.2. The van der Waals surface area contributed by atoms with Gasteiger partial charge >= 0.3 is 6.18 Å². The van der Waals surface area contributed by atoms with E-state index in [4.69, 9.17) is 0 Å². The predicted molar refractivity (Wildman–Crippen MR) is 123 cm³/mol. The minimum atomic E-state index is -4.44. The van der Waals surface area contributed by atoms with Gasteiger partial charge in [-0.2, -0.15) is 13.2 Å². The van der Waals surface area contributed by atoms with Gasteiger partial charge in [0.05, 0.1) is 16.5 Å². The molecule has 0 radical (unpaired) electrons. The first-order chi connectivity index (χ1) is 15.6. The van der Waals surface area contributed by atoms with E-state index in [2.05, 4.69) is 4.98 Å². The summed E-state index contributed by atoms with van der Waals surface area (Å²) in [5.74, 6) is 0.184. The molecule has 4 aromatic rings. The Morgan fingerprint density at radius 3 is 2.18 bits per heavy atom. The summed E-state index contributed by atoms with van der Waals surface area (Å²) in [6, 6.07) is 16.6. The summed E-state index contributed by atoms with van der Waals surface area (Å²) in [6.45, 7) is 1.88. The molecule has 0 saturated heterocycles. The first-order valence-corrected chi connectivity index (χ1v) is 11.0. The van der Waals surface area contributed by atoms with Gasteiger partial charge in [-0.15, -0.1) is 0 Å². The molecule has 0 unspecified atom stereocenters. The van der Waals surface area contributed by atoms with Crippen LogP contribution in [0, 0.1) is 6.92 Å². The highest BCUT2D eigenvalue weighted by Crippen LogP contribution is 2.29. The molecule has 0 aliphatic rings. The Balaban J connectivity index is 1.49. The number of carbonyl (C=O) groups excluding carboxylic acids is 1. The lowest BCUT2D eigenvalue weighted by Gasteiger charge is -2.10.